The van der Waals surface area contributed by atoms with Crippen LogP contribution in [0.5, 0.6) is 23.0 Å². The van der Waals surface area contributed by atoms with Gasteiger partial charge in [0.25, 0.3) is 0 Å². The van der Waals surface area contributed by atoms with Crippen molar-refractivity contribution in [3.63, 3.8) is 0 Å². The van der Waals surface area contributed by atoms with Gasteiger partial charge >= 0.3 is 0 Å². The smallest absolute Gasteiger partial charge is 0.220 e. The van der Waals surface area contributed by atoms with E-state index in [1.807, 2.05) is 26.0 Å². The highest BCUT2D eigenvalue weighted by atomic mass is 16.5. The van der Waals surface area contributed by atoms with Crippen molar-refractivity contribution in [1.82, 2.24) is 5.32 Å². The molecule has 0 saturated heterocycles. The lowest BCUT2D eigenvalue weighted by molar-refractivity contribution is -0.122. The molecule has 1 N–H and O–H groups in total. The average molecular weight is 442 g/mol. The van der Waals surface area contributed by atoms with Crippen molar-refractivity contribution in [2.75, 3.05) is 28.4 Å². The summed E-state index contributed by atoms with van der Waals surface area (Å²) in [6.45, 7) is 4.00. The molecule has 2 aromatic rings. The van der Waals surface area contributed by atoms with E-state index in [0.717, 1.165) is 22.3 Å². The lowest BCUT2D eigenvalue weighted by Crippen LogP contribution is -2.29. The predicted molar refractivity (Wildman–Crippen MR) is 123 cm³/mol. The molecule has 3 rings (SSSR count). The lowest BCUT2D eigenvalue weighted by Gasteiger charge is -2.20. The third kappa shape index (κ3) is 4.52. The minimum absolute atomic E-state index is 0.0463. The summed E-state index contributed by atoms with van der Waals surface area (Å²) < 4.78 is 22.2. The number of rotatable bonds is 7. The van der Waals surface area contributed by atoms with Gasteiger partial charge in [-0.1, -0.05) is 19.9 Å². The molecular weight excluding hydrogens is 410 g/mol. The summed E-state index contributed by atoms with van der Waals surface area (Å²) in [4.78, 5) is 25.5. The molecule has 0 fully saturated rings. The summed E-state index contributed by atoms with van der Waals surface area (Å²) in [6.07, 6.45) is 1.69. The van der Waals surface area contributed by atoms with Gasteiger partial charge in [0.1, 0.15) is 0 Å². The van der Waals surface area contributed by atoms with E-state index < -0.39 is 0 Å². The van der Waals surface area contributed by atoms with E-state index in [1.165, 1.54) is 7.11 Å². The second kappa shape index (κ2) is 9.94. The predicted octanol–water partition coefficient (Wildman–Crippen LogP) is 3.90. The Morgan fingerprint density at radius 2 is 1.69 bits per heavy atom. The molecule has 1 amide bonds. The van der Waals surface area contributed by atoms with Gasteiger partial charge in [0.2, 0.25) is 17.1 Å². The van der Waals surface area contributed by atoms with Gasteiger partial charge in [-0.3, -0.25) is 9.59 Å². The molecule has 0 aliphatic heterocycles. The Morgan fingerprint density at radius 1 is 1.00 bits per heavy atom. The normalized spacial score (nSPS) is 14.7. The highest BCUT2D eigenvalue weighted by molar-refractivity contribution is 5.83. The van der Waals surface area contributed by atoms with E-state index in [4.69, 9.17) is 18.9 Å². The summed E-state index contributed by atoms with van der Waals surface area (Å²) >= 11 is 0. The van der Waals surface area contributed by atoms with Crippen LogP contribution in [0.4, 0.5) is 0 Å². The van der Waals surface area contributed by atoms with Crippen molar-refractivity contribution < 1.29 is 23.7 Å². The molecule has 0 spiro atoms. The number of ether oxygens (including phenoxy) is 4. The molecular formula is C25H31NO6. The maximum atomic E-state index is 12.8. The van der Waals surface area contributed by atoms with Gasteiger partial charge in [-0.05, 0) is 53.6 Å². The fourth-order valence-corrected chi connectivity index (χ4v) is 4.24. The van der Waals surface area contributed by atoms with Crippen molar-refractivity contribution in [2.24, 2.45) is 5.92 Å². The largest absolute Gasteiger partial charge is 0.493 e. The number of aryl methyl sites for hydroxylation is 1. The summed E-state index contributed by atoms with van der Waals surface area (Å²) in [5.41, 5.74) is 3.06. The zero-order valence-electron chi connectivity index (χ0n) is 19.5. The molecule has 7 nitrogen and oxygen atoms in total. The first-order chi connectivity index (χ1) is 15.3. The molecule has 0 aromatic heterocycles. The fourth-order valence-electron chi connectivity index (χ4n) is 4.24. The monoisotopic (exact) mass is 441 g/mol. The van der Waals surface area contributed by atoms with Crippen molar-refractivity contribution in [1.29, 1.82) is 0 Å². The summed E-state index contributed by atoms with van der Waals surface area (Å²) in [7, 11) is 6.18. The maximum absolute atomic E-state index is 12.8. The third-order valence-electron chi connectivity index (χ3n) is 5.65. The highest BCUT2D eigenvalue weighted by Gasteiger charge is 2.29. The molecule has 1 atom stereocenters. The second-order valence-electron chi connectivity index (χ2n) is 8.22. The number of nitrogens with one attached hydrogen (secondary N) is 1. The molecule has 32 heavy (non-hydrogen) atoms. The first kappa shape index (κ1) is 23.4. The molecule has 1 aliphatic carbocycles. The van der Waals surface area contributed by atoms with Gasteiger partial charge in [0.15, 0.2) is 17.2 Å². The molecule has 0 radical (unpaired) electrons. The molecule has 1 unspecified atom stereocenters. The van der Waals surface area contributed by atoms with Crippen LogP contribution in [0.1, 0.15) is 43.9 Å². The maximum Gasteiger partial charge on any atom is 0.220 e. The van der Waals surface area contributed by atoms with Crippen LogP contribution in [0.2, 0.25) is 0 Å². The Kier molecular flexibility index (Phi) is 7.28. The van der Waals surface area contributed by atoms with Crippen LogP contribution in [0.3, 0.4) is 0 Å². The standard InChI is InChI=1S/C25H31NO6/c1-14(2)11-22(28)26-18-9-7-15-12-21(30-4)24(31-5)25(32-6)23(15)16-8-10-20(29-3)19(27)13-17(16)18/h8,10,12-14,18H,7,9,11H2,1-6H3,(H,26,28). The van der Waals surface area contributed by atoms with Gasteiger partial charge < -0.3 is 24.3 Å². The number of methoxy groups -OCH3 is 4. The Bertz CT molecular complexity index is 1060. The summed E-state index contributed by atoms with van der Waals surface area (Å²) in [5, 5.41) is 3.13. The van der Waals surface area contributed by atoms with Crippen LogP contribution in [0.15, 0.2) is 29.1 Å². The van der Waals surface area contributed by atoms with Gasteiger partial charge in [-0.2, -0.15) is 0 Å². The van der Waals surface area contributed by atoms with Crippen LogP contribution in [0, 0.1) is 5.92 Å². The van der Waals surface area contributed by atoms with E-state index in [9.17, 15) is 9.59 Å². The minimum Gasteiger partial charge on any atom is -0.493 e. The second-order valence-corrected chi connectivity index (χ2v) is 8.22. The molecule has 0 bridgehead atoms. The van der Waals surface area contributed by atoms with E-state index in [0.29, 0.717) is 36.5 Å². The number of amides is 1. The Labute approximate surface area is 188 Å². The van der Waals surface area contributed by atoms with Crippen molar-refractivity contribution in [3.8, 4) is 34.1 Å². The lowest BCUT2D eigenvalue weighted by atomic mass is 9.95. The first-order valence-electron chi connectivity index (χ1n) is 10.7. The van der Waals surface area contributed by atoms with Crippen LogP contribution < -0.4 is 29.7 Å². The van der Waals surface area contributed by atoms with Gasteiger partial charge in [-0.25, -0.2) is 0 Å². The summed E-state index contributed by atoms with van der Waals surface area (Å²) in [5.74, 6) is 1.97. The topological polar surface area (TPSA) is 83.1 Å². The quantitative estimate of drug-likeness (QED) is 0.702. The first-order valence-corrected chi connectivity index (χ1v) is 10.7. The van der Waals surface area contributed by atoms with E-state index in [-0.39, 0.29) is 29.0 Å². The fraction of sp³-hybridized carbons (Fsp3) is 0.440. The van der Waals surface area contributed by atoms with Gasteiger partial charge in [0, 0.05) is 12.0 Å². The van der Waals surface area contributed by atoms with E-state index in [1.54, 1.807) is 33.5 Å². The number of benzene rings is 1. The van der Waals surface area contributed by atoms with Crippen LogP contribution in [0.25, 0.3) is 11.1 Å². The van der Waals surface area contributed by atoms with Crippen LogP contribution in [-0.4, -0.2) is 34.3 Å². The molecule has 172 valence electrons. The van der Waals surface area contributed by atoms with Crippen LogP contribution >= 0.6 is 0 Å². The van der Waals surface area contributed by atoms with Gasteiger partial charge in [0.05, 0.1) is 34.5 Å². The van der Waals surface area contributed by atoms with E-state index >= 15 is 0 Å². The number of fused-ring (bicyclic) bond motifs is 3. The minimum atomic E-state index is -0.338. The summed E-state index contributed by atoms with van der Waals surface area (Å²) in [6, 6.07) is 6.64. The molecule has 0 saturated carbocycles. The Morgan fingerprint density at radius 3 is 2.28 bits per heavy atom. The van der Waals surface area contributed by atoms with Gasteiger partial charge in [-0.15, -0.1) is 0 Å². The average Bonchev–Trinajstić information content (AvgIpc) is 3.00. The Hall–Kier alpha value is -3.22. The van der Waals surface area contributed by atoms with E-state index in [2.05, 4.69) is 5.32 Å². The molecule has 7 heteroatoms. The van der Waals surface area contributed by atoms with Crippen molar-refractivity contribution in [2.45, 2.75) is 39.2 Å². The SMILES string of the molecule is COc1cc2c(c(OC)c1OC)-c1ccc(OC)c(=O)cc1C(NC(=O)CC(C)C)CC2. The highest BCUT2D eigenvalue weighted by Crippen LogP contribution is 2.50. The molecule has 1 aliphatic rings. The number of hydrogen-bond acceptors (Lipinski definition) is 6. The zero-order valence-corrected chi connectivity index (χ0v) is 19.5. The zero-order chi connectivity index (χ0) is 23.4. The Balaban J connectivity index is 2.30. The van der Waals surface area contributed by atoms with Crippen molar-refractivity contribution in [3.05, 3.63) is 45.6 Å². The number of hydrogen-bond donors (Lipinski definition) is 1. The number of carbonyl (C=O) groups is 1. The molecule has 2 aromatic carbocycles. The van der Waals surface area contributed by atoms with Crippen LogP contribution in [-0.2, 0) is 11.2 Å². The third-order valence-corrected chi connectivity index (χ3v) is 5.65. The molecule has 0 heterocycles. The van der Waals surface area contributed by atoms with Crippen molar-refractivity contribution >= 4 is 5.91 Å². The number of carbonyl (C=O) groups excluding carboxylic acids is 1.